The van der Waals surface area contributed by atoms with Crippen molar-refractivity contribution in [2.75, 3.05) is 0 Å². The second kappa shape index (κ2) is 6.15. The molecule has 0 amide bonds. The fourth-order valence-corrected chi connectivity index (χ4v) is 2.71. The van der Waals surface area contributed by atoms with Gasteiger partial charge in [0.25, 0.3) is 0 Å². The molecule has 90 valence electrons. The van der Waals surface area contributed by atoms with Crippen molar-refractivity contribution in [3.8, 4) is 0 Å². The van der Waals surface area contributed by atoms with Crippen molar-refractivity contribution in [2.24, 2.45) is 0 Å². The molecule has 1 heterocycles. The van der Waals surface area contributed by atoms with Gasteiger partial charge in [0, 0.05) is 23.1 Å². The largest absolute Gasteiger partial charge is 0.304 e. The summed E-state index contributed by atoms with van der Waals surface area (Å²) in [5, 5.41) is 7.45. The zero-order chi connectivity index (χ0) is 12.1. The quantitative estimate of drug-likeness (QED) is 0.884. The Morgan fingerprint density at radius 3 is 3.00 bits per heavy atom. The average Bonchev–Trinajstić information content (AvgIpc) is 2.84. The SMILES string of the molecule is CCC(NCc1cccc(Cl)c1)c1nccs1. The lowest BCUT2D eigenvalue weighted by Gasteiger charge is -2.14. The van der Waals surface area contributed by atoms with E-state index in [9.17, 15) is 0 Å². The molecule has 1 aromatic carbocycles. The summed E-state index contributed by atoms with van der Waals surface area (Å²) in [6.07, 6.45) is 2.89. The number of nitrogens with zero attached hydrogens (tertiary/aromatic N) is 1. The van der Waals surface area contributed by atoms with Crippen LogP contribution in [-0.2, 0) is 6.54 Å². The van der Waals surface area contributed by atoms with E-state index in [1.165, 1.54) is 5.56 Å². The Hall–Kier alpha value is -0.900. The van der Waals surface area contributed by atoms with Gasteiger partial charge in [-0.15, -0.1) is 11.3 Å². The van der Waals surface area contributed by atoms with Crippen LogP contribution in [0.2, 0.25) is 5.02 Å². The van der Waals surface area contributed by atoms with Crippen molar-refractivity contribution in [3.05, 3.63) is 51.4 Å². The van der Waals surface area contributed by atoms with E-state index in [4.69, 9.17) is 11.6 Å². The number of hydrogen-bond donors (Lipinski definition) is 1. The summed E-state index contributed by atoms with van der Waals surface area (Å²) in [6, 6.07) is 8.26. The van der Waals surface area contributed by atoms with Gasteiger partial charge in [-0.3, -0.25) is 0 Å². The summed E-state index contributed by atoms with van der Waals surface area (Å²) >= 11 is 7.65. The van der Waals surface area contributed by atoms with E-state index >= 15 is 0 Å². The summed E-state index contributed by atoms with van der Waals surface area (Å²) < 4.78 is 0. The lowest BCUT2D eigenvalue weighted by Crippen LogP contribution is -2.20. The molecule has 0 radical (unpaired) electrons. The number of aromatic nitrogens is 1. The van der Waals surface area contributed by atoms with Gasteiger partial charge in [-0.1, -0.05) is 30.7 Å². The molecular weight excluding hydrogens is 252 g/mol. The van der Waals surface area contributed by atoms with E-state index in [0.29, 0.717) is 6.04 Å². The van der Waals surface area contributed by atoms with E-state index in [0.717, 1.165) is 23.0 Å². The Morgan fingerprint density at radius 1 is 1.47 bits per heavy atom. The zero-order valence-electron chi connectivity index (χ0n) is 9.69. The van der Waals surface area contributed by atoms with Crippen LogP contribution >= 0.6 is 22.9 Å². The van der Waals surface area contributed by atoms with Crippen LogP contribution in [0.5, 0.6) is 0 Å². The molecule has 0 saturated carbocycles. The summed E-state index contributed by atoms with van der Waals surface area (Å²) in [5.74, 6) is 0. The van der Waals surface area contributed by atoms with Crippen molar-refractivity contribution in [1.82, 2.24) is 10.3 Å². The predicted molar refractivity (Wildman–Crippen MR) is 73.4 cm³/mol. The summed E-state index contributed by atoms with van der Waals surface area (Å²) in [4.78, 5) is 4.35. The molecule has 0 saturated heterocycles. The van der Waals surface area contributed by atoms with Gasteiger partial charge >= 0.3 is 0 Å². The van der Waals surface area contributed by atoms with Crippen LogP contribution in [0.1, 0.15) is 30.0 Å². The Bertz CT molecular complexity index is 456. The number of benzene rings is 1. The Morgan fingerprint density at radius 2 is 2.35 bits per heavy atom. The van der Waals surface area contributed by atoms with E-state index in [2.05, 4.69) is 23.3 Å². The third-order valence-corrected chi connectivity index (χ3v) is 3.72. The van der Waals surface area contributed by atoms with Gasteiger partial charge in [0.15, 0.2) is 0 Å². The van der Waals surface area contributed by atoms with Crippen molar-refractivity contribution in [1.29, 1.82) is 0 Å². The van der Waals surface area contributed by atoms with Gasteiger partial charge in [-0.2, -0.15) is 0 Å². The van der Waals surface area contributed by atoms with Gasteiger partial charge in [-0.25, -0.2) is 4.98 Å². The standard InChI is InChI=1S/C13H15ClN2S/c1-2-12(13-15-6-7-17-13)16-9-10-4-3-5-11(14)8-10/h3-8,12,16H,2,9H2,1H3. The second-order valence-corrected chi connectivity index (χ2v) is 5.20. The van der Waals surface area contributed by atoms with E-state index in [1.807, 2.05) is 29.8 Å². The first kappa shape index (κ1) is 12.6. The third-order valence-electron chi connectivity index (χ3n) is 2.60. The molecule has 2 rings (SSSR count). The van der Waals surface area contributed by atoms with E-state index < -0.39 is 0 Å². The van der Waals surface area contributed by atoms with E-state index in [1.54, 1.807) is 11.3 Å². The van der Waals surface area contributed by atoms with Crippen LogP contribution in [0.4, 0.5) is 0 Å². The van der Waals surface area contributed by atoms with Gasteiger partial charge < -0.3 is 5.32 Å². The van der Waals surface area contributed by atoms with Crippen LogP contribution in [0.15, 0.2) is 35.8 Å². The van der Waals surface area contributed by atoms with Crippen LogP contribution in [0.25, 0.3) is 0 Å². The molecule has 2 nitrogen and oxygen atoms in total. The normalized spacial score (nSPS) is 12.6. The van der Waals surface area contributed by atoms with Crippen molar-refractivity contribution in [2.45, 2.75) is 25.9 Å². The predicted octanol–water partition coefficient (Wildman–Crippen LogP) is 4.04. The van der Waals surface area contributed by atoms with Gasteiger partial charge in [0.2, 0.25) is 0 Å². The lowest BCUT2D eigenvalue weighted by atomic mass is 10.2. The van der Waals surface area contributed by atoms with E-state index in [-0.39, 0.29) is 0 Å². The highest BCUT2D eigenvalue weighted by molar-refractivity contribution is 7.09. The number of halogens is 1. The van der Waals surface area contributed by atoms with Crippen molar-refractivity contribution < 1.29 is 0 Å². The fraction of sp³-hybridized carbons (Fsp3) is 0.308. The molecule has 0 bridgehead atoms. The number of rotatable bonds is 5. The first-order valence-electron chi connectivity index (χ1n) is 5.67. The first-order chi connectivity index (χ1) is 8.29. The molecule has 0 fully saturated rings. The second-order valence-electron chi connectivity index (χ2n) is 3.84. The molecule has 1 aromatic heterocycles. The molecular formula is C13H15ClN2S. The van der Waals surface area contributed by atoms with Crippen LogP contribution in [0.3, 0.4) is 0 Å². The van der Waals surface area contributed by atoms with Gasteiger partial charge in [-0.05, 0) is 24.1 Å². The highest BCUT2D eigenvalue weighted by atomic mass is 35.5. The fourth-order valence-electron chi connectivity index (χ4n) is 1.70. The average molecular weight is 267 g/mol. The monoisotopic (exact) mass is 266 g/mol. The number of thiazole rings is 1. The molecule has 0 aliphatic rings. The minimum absolute atomic E-state index is 0.328. The van der Waals surface area contributed by atoms with Crippen molar-refractivity contribution >= 4 is 22.9 Å². The molecule has 1 N–H and O–H groups in total. The molecule has 0 aliphatic carbocycles. The molecule has 1 unspecified atom stereocenters. The molecule has 0 aliphatic heterocycles. The maximum atomic E-state index is 5.96. The highest BCUT2D eigenvalue weighted by Crippen LogP contribution is 2.19. The number of hydrogen-bond acceptors (Lipinski definition) is 3. The Labute approximate surface area is 111 Å². The maximum absolute atomic E-state index is 5.96. The lowest BCUT2D eigenvalue weighted by molar-refractivity contribution is 0.516. The summed E-state index contributed by atoms with van der Waals surface area (Å²) in [5.41, 5.74) is 1.20. The Balaban J connectivity index is 1.97. The topological polar surface area (TPSA) is 24.9 Å². The highest BCUT2D eigenvalue weighted by Gasteiger charge is 2.10. The minimum Gasteiger partial charge on any atom is -0.304 e. The third kappa shape index (κ3) is 3.53. The van der Waals surface area contributed by atoms with Crippen LogP contribution in [-0.4, -0.2) is 4.98 Å². The first-order valence-corrected chi connectivity index (χ1v) is 6.92. The molecule has 2 aromatic rings. The van der Waals surface area contributed by atoms with Crippen molar-refractivity contribution in [3.63, 3.8) is 0 Å². The zero-order valence-corrected chi connectivity index (χ0v) is 11.3. The molecule has 17 heavy (non-hydrogen) atoms. The maximum Gasteiger partial charge on any atom is 0.109 e. The smallest absolute Gasteiger partial charge is 0.109 e. The Kier molecular flexibility index (Phi) is 4.54. The van der Waals surface area contributed by atoms with Crippen LogP contribution in [0, 0.1) is 0 Å². The molecule has 1 atom stereocenters. The van der Waals surface area contributed by atoms with Gasteiger partial charge in [0.1, 0.15) is 5.01 Å². The molecule has 4 heteroatoms. The van der Waals surface area contributed by atoms with Gasteiger partial charge in [0.05, 0.1) is 6.04 Å². The summed E-state index contributed by atoms with van der Waals surface area (Å²) in [6.45, 7) is 2.98. The summed E-state index contributed by atoms with van der Waals surface area (Å²) in [7, 11) is 0. The van der Waals surface area contributed by atoms with Crippen LogP contribution < -0.4 is 5.32 Å². The molecule has 0 spiro atoms. The number of nitrogens with one attached hydrogen (secondary N) is 1. The minimum atomic E-state index is 0.328.